The monoisotopic (exact) mass is 522 g/mol. The van der Waals surface area contributed by atoms with Gasteiger partial charge in [-0.25, -0.2) is 18.7 Å². The van der Waals surface area contributed by atoms with Gasteiger partial charge in [0.2, 0.25) is 0 Å². The van der Waals surface area contributed by atoms with Crippen LogP contribution in [0.15, 0.2) is 54.9 Å². The molecule has 0 fully saturated rings. The van der Waals surface area contributed by atoms with Crippen molar-refractivity contribution in [2.24, 2.45) is 0 Å². The Labute approximate surface area is 228 Å². The predicted octanol–water partition coefficient (Wildman–Crippen LogP) is 9.93. The van der Waals surface area contributed by atoms with Gasteiger partial charge in [-0.3, -0.25) is 0 Å². The molecule has 1 atom stereocenters. The summed E-state index contributed by atoms with van der Waals surface area (Å²) in [5.74, 6) is 0.0836. The molecular formula is C33H44F2N2O. The van der Waals surface area contributed by atoms with Gasteiger partial charge in [0.05, 0.1) is 6.61 Å². The lowest BCUT2D eigenvalue weighted by molar-refractivity contribution is 0.218. The van der Waals surface area contributed by atoms with Crippen molar-refractivity contribution in [1.29, 1.82) is 0 Å². The van der Waals surface area contributed by atoms with E-state index >= 15 is 0 Å². The van der Waals surface area contributed by atoms with E-state index in [2.05, 4.69) is 41.2 Å². The first-order valence-corrected chi connectivity index (χ1v) is 14.6. The second-order valence-corrected chi connectivity index (χ2v) is 10.2. The zero-order valence-electron chi connectivity index (χ0n) is 23.2. The first-order chi connectivity index (χ1) is 18.6. The fraction of sp³-hybridized carbons (Fsp3) is 0.515. The van der Waals surface area contributed by atoms with Crippen LogP contribution in [0.2, 0.25) is 0 Å². The van der Waals surface area contributed by atoms with Crippen LogP contribution in [0.4, 0.5) is 8.78 Å². The van der Waals surface area contributed by atoms with Crippen molar-refractivity contribution >= 4 is 0 Å². The molecule has 1 heterocycles. The lowest BCUT2D eigenvalue weighted by Crippen LogP contribution is -2.08. The van der Waals surface area contributed by atoms with E-state index in [0.29, 0.717) is 17.8 Å². The number of benzene rings is 2. The van der Waals surface area contributed by atoms with Crippen LogP contribution in [0.25, 0.3) is 22.5 Å². The fourth-order valence-electron chi connectivity index (χ4n) is 4.58. The summed E-state index contributed by atoms with van der Waals surface area (Å²) in [6.45, 7) is 4.45. The van der Waals surface area contributed by atoms with Crippen molar-refractivity contribution in [1.82, 2.24) is 9.97 Å². The summed E-state index contributed by atoms with van der Waals surface area (Å²) in [6.07, 6.45) is 17.0. The summed E-state index contributed by atoms with van der Waals surface area (Å²) in [7, 11) is 0. The highest BCUT2D eigenvalue weighted by Gasteiger charge is 2.11. The van der Waals surface area contributed by atoms with Crippen molar-refractivity contribution in [2.75, 3.05) is 6.61 Å². The molecule has 5 heteroatoms. The fourth-order valence-corrected chi connectivity index (χ4v) is 4.58. The molecule has 0 aliphatic carbocycles. The predicted molar refractivity (Wildman–Crippen MR) is 154 cm³/mol. The largest absolute Gasteiger partial charge is 0.490 e. The van der Waals surface area contributed by atoms with Crippen LogP contribution in [0.3, 0.4) is 0 Å². The molecule has 0 saturated heterocycles. The topological polar surface area (TPSA) is 35.0 Å². The Morgan fingerprint density at radius 1 is 0.711 bits per heavy atom. The molecule has 0 spiro atoms. The Balaban J connectivity index is 1.46. The molecule has 3 nitrogen and oxygen atoms in total. The zero-order chi connectivity index (χ0) is 27.0. The number of hydrogen-bond donors (Lipinski definition) is 0. The van der Waals surface area contributed by atoms with E-state index in [1.807, 2.05) is 6.92 Å². The number of halogens is 2. The van der Waals surface area contributed by atoms with Gasteiger partial charge >= 0.3 is 0 Å². The summed E-state index contributed by atoms with van der Waals surface area (Å²) < 4.78 is 33.8. The first kappa shape index (κ1) is 29.7. The SMILES string of the molecule is CCCCCCCCCCc1ccc(-c2cnc(-c3ccc(OCC[C@H](F)CCCC)c(F)c3)nc2)cc1. The van der Waals surface area contributed by atoms with Gasteiger partial charge in [0.1, 0.15) is 6.17 Å². The lowest BCUT2D eigenvalue weighted by Gasteiger charge is -2.11. The Morgan fingerprint density at radius 3 is 2.00 bits per heavy atom. The minimum atomic E-state index is -0.907. The Morgan fingerprint density at radius 2 is 1.34 bits per heavy atom. The molecule has 0 amide bonds. The van der Waals surface area contributed by atoms with Crippen molar-refractivity contribution in [3.63, 3.8) is 0 Å². The summed E-state index contributed by atoms with van der Waals surface area (Å²) in [4.78, 5) is 8.92. The van der Waals surface area contributed by atoms with E-state index in [1.54, 1.807) is 24.5 Å². The highest BCUT2D eigenvalue weighted by Crippen LogP contribution is 2.26. The molecule has 206 valence electrons. The quantitative estimate of drug-likeness (QED) is 0.156. The minimum Gasteiger partial charge on any atom is -0.490 e. The molecule has 0 aliphatic heterocycles. The highest BCUT2D eigenvalue weighted by molar-refractivity contribution is 5.64. The Kier molecular flexibility index (Phi) is 13.2. The smallest absolute Gasteiger partial charge is 0.165 e. The normalized spacial score (nSPS) is 12.0. The summed E-state index contributed by atoms with van der Waals surface area (Å²) in [5, 5.41) is 0. The van der Waals surface area contributed by atoms with E-state index in [0.717, 1.165) is 30.4 Å². The van der Waals surface area contributed by atoms with Crippen LogP contribution in [0.5, 0.6) is 5.75 Å². The maximum Gasteiger partial charge on any atom is 0.165 e. The maximum absolute atomic E-state index is 14.6. The van der Waals surface area contributed by atoms with Crippen LogP contribution in [-0.4, -0.2) is 22.7 Å². The van der Waals surface area contributed by atoms with Gasteiger partial charge in [0.15, 0.2) is 17.4 Å². The number of aromatic nitrogens is 2. The van der Waals surface area contributed by atoms with Gasteiger partial charge in [-0.05, 0) is 48.6 Å². The van der Waals surface area contributed by atoms with E-state index in [-0.39, 0.29) is 18.8 Å². The van der Waals surface area contributed by atoms with Crippen molar-refractivity contribution < 1.29 is 13.5 Å². The average Bonchev–Trinajstić information content (AvgIpc) is 2.94. The molecular weight excluding hydrogens is 478 g/mol. The third-order valence-corrected chi connectivity index (χ3v) is 7.01. The van der Waals surface area contributed by atoms with Gasteiger partial charge in [0.25, 0.3) is 0 Å². The van der Waals surface area contributed by atoms with Crippen LogP contribution in [0, 0.1) is 5.82 Å². The van der Waals surface area contributed by atoms with Crippen LogP contribution in [-0.2, 0) is 6.42 Å². The van der Waals surface area contributed by atoms with Crippen LogP contribution in [0.1, 0.15) is 96.5 Å². The number of aryl methyl sites for hydroxylation is 1. The molecule has 0 aliphatic rings. The lowest BCUT2D eigenvalue weighted by atomic mass is 10.0. The molecule has 0 N–H and O–H groups in total. The number of ether oxygens (including phenoxy) is 1. The van der Waals surface area contributed by atoms with E-state index in [9.17, 15) is 8.78 Å². The van der Waals surface area contributed by atoms with Crippen LogP contribution < -0.4 is 4.74 Å². The summed E-state index contributed by atoms with van der Waals surface area (Å²) in [5.41, 5.74) is 3.93. The molecule has 1 aromatic heterocycles. The minimum absolute atomic E-state index is 0.125. The number of rotatable bonds is 18. The number of alkyl halides is 1. The molecule has 0 bridgehead atoms. The first-order valence-electron chi connectivity index (χ1n) is 14.6. The van der Waals surface area contributed by atoms with E-state index in [4.69, 9.17) is 4.74 Å². The van der Waals surface area contributed by atoms with E-state index < -0.39 is 12.0 Å². The van der Waals surface area contributed by atoms with Gasteiger partial charge in [-0.2, -0.15) is 0 Å². The summed E-state index contributed by atoms with van der Waals surface area (Å²) in [6, 6.07) is 13.3. The van der Waals surface area contributed by atoms with E-state index in [1.165, 1.54) is 63.0 Å². The van der Waals surface area contributed by atoms with Crippen molar-refractivity contribution in [3.8, 4) is 28.3 Å². The molecule has 0 radical (unpaired) electrons. The number of nitrogens with zero attached hydrogens (tertiary/aromatic N) is 2. The van der Waals surface area contributed by atoms with Gasteiger partial charge in [-0.15, -0.1) is 0 Å². The highest BCUT2D eigenvalue weighted by atomic mass is 19.1. The average molecular weight is 523 g/mol. The van der Waals surface area contributed by atoms with Crippen molar-refractivity contribution in [3.05, 3.63) is 66.2 Å². The molecule has 0 saturated carbocycles. The Bertz CT molecular complexity index is 1050. The summed E-state index contributed by atoms with van der Waals surface area (Å²) >= 11 is 0. The number of unbranched alkanes of at least 4 members (excludes halogenated alkanes) is 8. The van der Waals surface area contributed by atoms with Gasteiger partial charge in [0, 0.05) is 29.9 Å². The molecule has 3 rings (SSSR count). The van der Waals surface area contributed by atoms with Crippen molar-refractivity contribution in [2.45, 2.75) is 103 Å². The molecule has 0 unspecified atom stereocenters. The third kappa shape index (κ3) is 10.2. The van der Waals surface area contributed by atoms with Gasteiger partial charge < -0.3 is 4.74 Å². The third-order valence-electron chi connectivity index (χ3n) is 7.01. The second-order valence-electron chi connectivity index (χ2n) is 10.2. The second kappa shape index (κ2) is 16.9. The Hall–Kier alpha value is -2.82. The van der Waals surface area contributed by atoms with Crippen LogP contribution >= 0.6 is 0 Å². The standard InChI is InChI=1S/C33H44F2N2O/c1-3-5-7-8-9-10-11-12-13-26-15-17-27(18-16-26)29-24-36-33(37-25-29)28-19-20-32(31(35)23-28)38-22-21-30(34)14-6-4-2/h15-20,23-25,30H,3-14,21-22H2,1-2H3/t30-/m1/s1. The molecule has 38 heavy (non-hydrogen) atoms. The zero-order valence-corrected chi connectivity index (χ0v) is 23.2. The molecule has 3 aromatic rings. The molecule has 2 aromatic carbocycles. The van der Waals surface area contributed by atoms with Gasteiger partial charge in [-0.1, -0.05) is 95.9 Å². The number of hydrogen-bond acceptors (Lipinski definition) is 3. The maximum atomic E-state index is 14.6.